The van der Waals surface area contributed by atoms with Crippen LogP contribution in [-0.4, -0.2) is 29.9 Å². The average Bonchev–Trinajstić information content (AvgIpc) is 3.32. The van der Waals surface area contributed by atoms with E-state index in [2.05, 4.69) is 32.7 Å². The Bertz CT molecular complexity index is 1790. The number of carbonyl (C=O) groups is 1. The Labute approximate surface area is 226 Å². The topological polar surface area (TPSA) is 70.4 Å². The maximum atomic E-state index is 12.8. The van der Waals surface area contributed by atoms with Gasteiger partial charge in [-0.2, -0.15) is 0 Å². The van der Waals surface area contributed by atoms with Crippen LogP contribution in [-0.2, 0) is 6.54 Å². The van der Waals surface area contributed by atoms with Crippen LogP contribution in [0.15, 0.2) is 114 Å². The van der Waals surface area contributed by atoms with Gasteiger partial charge in [-0.15, -0.1) is 0 Å². The Hall–Kier alpha value is -4.94. The van der Waals surface area contributed by atoms with Gasteiger partial charge in [-0.1, -0.05) is 48.5 Å². The van der Waals surface area contributed by atoms with Gasteiger partial charge in [-0.25, -0.2) is 0 Å². The van der Waals surface area contributed by atoms with Crippen molar-refractivity contribution >= 4 is 44.9 Å². The fraction of sp³-hybridized carbons (Fsp3) is 0.0909. The number of benzene rings is 4. The van der Waals surface area contributed by atoms with Crippen LogP contribution >= 0.6 is 0 Å². The largest absolute Gasteiger partial charge is 0.455 e. The van der Waals surface area contributed by atoms with E-state index in [1.54, 1.807) is 6.20 Å². The van der Waals surface area contributed by atoms with Crippen LogP contribution in [0.1, 0.15) is 15.9 Å². The van der Waals surface area contributed by atoms with Crippen LogP contribution in [0.5, 0.6) is 0 Å². The summed E-state index contributed by atoms with van der Waals surface area (Å²) in [6.45, 7) is 0.833. The maximum absolute atomic E-state index is 12.8. The second-order valence-electron chi connectivity index (χ2n) is 9.80. The summed E-state index contributed by atoms with van der Waals surface area (Å²) in [5.74, 6) is -0.145. The van der Waals surface area contributed by atoms with Crippen molar-refractivity contribution in [3.05, 3.63) is 120 Å². The van der Waals surface area contributed by atoms with E-state index in [9.17, 15) is 4.79 Å². The molecule has 192 valence electrons. The van der Waals surface area contributed by atoms with Gasteiger partial charge in [-0.3, -0.25) is 9.78 Å². The zero-order valence-electron chi connectivity index (χ0n) is 21.8. The lowest BCUT2D eigenvalue weighted by molar-refractivity contribution is 0.102. The standard InChI is InChI=1S/C33H28N4O2/c1-37(2)21-22-13-15-23(16-14-22)33(38)36-25-8-5-7-24(19-25)35-26-17-18-34-30(20-26)29-11-6-10-28-27-9-3-4-12-31(27)39-32(28)29/h3-20H,21H2,1-2H3,(H,34,35)(H,36,38). The van der Waals surface area contributed by atoms with E-state index in [1.165, 1.54) is 0 Å². The van der Waals surface area contributed by atoms with E-state index in [0.29, 0.717) is 11.3 Å². The zero-order chi connectivity index (χ0) is 26.8. The minimum Gasteiger partial charge on any atom is -0.455 e. The molecule has 0 bridgehead atoms. The van der Waals surface area contributed by atoms with E-state index < -0.39 is 0 Å². The minimum absolute atomic E-state index is 0.145. The molecule has 0 spiro atoms. The number of carbonyl (C=O) groups excluding carboxylic acids is 1. The van der Waals surface area contributed by atoms with Crippen molar-refractivity contribution in [2.75, 3.05) is 24.7 Å². The summed E-state index contributed by atoms with van der Waals surface area (Å²) in [7, 11) is 4.05. The predicted octanol–water partition coefficient (Wildman–Crippen LogP) is 7.71. The molecule has 2 heterocycles. The summed E-state index contributed by atoms with van der Waals surface area (Å²) in [6, 6.07) is 33.5. The fourth-order valence-corrected chi connectivity index (χ4v) is 4.78. The SMILES string of the molecule is CN(C)Cc1ccc(C(=O)Nc2cccc(Nc3ccnc(-c4cccc5c4oc4ccccc45)c3)c2)cc1. The maximum Gasteiger partial charge on any atom is 0.255 e. The molecule has 0 saturated heterocycles. The number of pyridine rings is 1. The Kier molecular flexibility index (Phi) is 6.53. The lowest BCUT2D eigenvalue weighted by Gasteiger charge is -2.12. The number of para-hydroxylation sites is 2. The van der Waals surface area contributed by atoms with Crippen molar-refractivity contribution in [2.24, 2.45) is 0 Å². The van der Waals surface area contributed by atoms with Crippen molar-refractivity contribution in [1.82, 2.24) is 9.88 Å². The second kappa shape index (κ2) is 10.4. The molecule has 0 aliphatic carbocycles. The average molecular weight is 513 g/mol. The Morgan fingerprint density at radius 3 is 2.38 bits per heavy atom. The number of amides is 1. The van der Waals surface area contributed by atoms with Crippen molar-refractivity contribution in [2.45, 2.75) is 6.54 Å². The molecule has 0 aliphatic rings. The quantitative estimate of drug-likeness (QED) is 0.229. The van der Waals surface area contributed by atoms with E-state index >= 15 is 0 Å². The van der Waals surface area contributed by atoms with Gasteiger partial charge in [0.2, 0.25) is 0 Å². The number of hydrogen-bond acceptors (Lipinski definition) is 5. The normalized spacial score (nSPS) is 11.3. The van der Waals surface area contributed by atoms with Crippen LogP contribution < -0.4 is 10.6 Å². The number of hydrogen-bond donors (Lipinski definition) is 2. The number of fused-ring (bicyclic) bond motifs is 3. The molecular formula is C33H28N4O2. The third kappa shape index (κ3) is 5.23. The predicted molar refractivity (Wildman–Crippen MR) is 158 cm³/mol. The highest BCUT2D eigenvalue weighted by atomic mass is 16.3. The molecule has 0 radical (unpaired) electrons. The molecule has 6 rings (SSSR count). The molecular weight excluding hydrogens is 484 g/mol. The van der Waals surface area contributed by atoms with E-state index in [-0.39, 0.29) is 5.91 Å². The third-order valence-corrected chi connectivity index (χ3v) is 6.56. The molecule has 0 atom stereocenters. The summed E-state index contributed by atoms with van der Waals surface area (Å²) in [5, 5.41) is 8.60. The summed E-state index contributed by atoms with van der Waals surface area (Å²) in [4.78, 5) is 19.6. The van der Waals surface area contributed by atoms with E-state index in [4.69, 9.17) is 4.42 Å². The number of anilines is 3. The molecule has 6 heteroatoms. The van der Waals surface area contributed by atoms with Crippen LogP contribution in [0.3, 0.4) is 0 Å². The Balaban J connectivity index is 1.21. The summed E-state index contributed by atoms with van der Waals surface area (Å²) >= 11 is 0. The highest BCUT2D eigenvalue weighted by molar-refractivity contribution is 6.09. The zero-order valence-corrected chi connectivity index (χ0v) is 21.8. The van der Waals surface area contributed by atoms with Crippen LogP contribution in [0.4, 0.5) is 17.1 Å². The van der Waals surface area contributed by atoms with Crippen molar-refractivity contribution in [1.29, 1.82) is 0 Å². The molecule has 2 aromatic heterocycles. The van der Waals surface area contributed by atoms with E-state index in [1.807, 2.05) is 105 Å². The van der Waals surface area contributed by atoms with Gasteiger partial charge >= 0.3 is 0 Å². The monoisotopic (exact) mass is 512 g/mol. The Morgan fingerprint density at radius 1 is 0.795 bits per heavy atom. The van der Waals surface area contributed by atoms with Gasteiger partial charge in [0, 0.05) is 51.7 Å². The molecule has 1 amide bonds. The van der Waals surface area contributed by atoms with Crippen molar-refractivity contribution in [3.63, 3.8) is 0 Å². The molecule has 39 heavy (non-hydrogen) atoms. The molecule has 0 aliphatic heterocycles. The molecule has 4 aromatic carbocycles. The highest BCUT2D eigenvalue weighted by Gasteiger charge is 2.13. The first kappa shape index (κ1) is 24.4. The fourth-order valence-electron chi connectivity index (χ4n) is 4.78. The van der Waals surface area contributed by atoms with Crippen molar-refractivity contribution in [3.8, 4) is 11.3 Å². The van der Waals surface area contributed by atoms with Crippen LogP contribution in [0.25, 0.3) is 33.2 Å². The molecule has 0 fully saturated rings. The first-order chi connectivity index (χ1) is 19.0. The lowest BCUT2D eigenvalue weighted by Crippen LogP contribution is -2.13. The van der Waals surface area contributed by atoms with Crippen molar-refractivity contribution < 1.29 is 9.21 Å². The lowest BCUT2D eigenvalue weighted by atomic mass is 10.1. The summed E-state index contributed by atoms with van der Waals surface area (Å²) in [6.07, 6.45) is 1.78. The molecule has 6 nitrogen and oxygen atoms in total. The highest BCUT2D eigenvalue weighted by Crippen LogP contribution is 2.35. The summed E-state index contributed by atoms with van der Waals surface area (Å²) in [5.41, 5.74) is 7.66. The number of furan rings is 1. The Morgan fingerprint density at radius 2 is 1.54 bits per heavy atom. The number of nitrogens with one attached hydrogen (secondary N) is 2. The molecule has 2 N–H and O–H groups in total. The third-order valence-electron chi connectivity index (χ3n) is 6.56. The van der Waals surface area contributed by atoms with Crippen LogP contribution in [0.2, 0.25) is 0 Å². The van der Waals surface area contributed by atoms with Gasteiger partial charge < -0.3 is 20.0 Å². The first-order valence-electron chi connectivity index (χ1n) is 12.8. The number of rotatable bonds is 7. The summed E-state index contributed by atoms with van der Waals surface area (Å²) < 4.78 is 6.21. The molecule has 6 aromatic rings. The first-order valence-corrected chi connectivity index (χ1v) is 12.8. The molecule has 0 saturated carbocycles. The number of nitrogens with zero attached hydrogens (tertiary/aromatic N) is 2. The van der Waals surface area contributed by atoms with Gasteiger partial charge in [0.1, 0.15) is 11.2 Å². The number of aromatic nitrogens is 1. The minimum atomic E-state index is -0.145. The van der Waals surface area contributed by atoms with Crippen LogP contribution in [0, 0.1) is 0 Å². The second-order valence-corrected chi connectivity index (χ2v) is 9.80. The van der Waals surface area contributed by atoms with Gasteiger partial charge in [0.05, 0.1) is 5.69 Å². The van der Waals surface area contributed by atoms with Gasteiger partial charge in [-0.05, 0) is 74.3 Å². The smallest absolute Gasteiger partial charge is 0.255 e. The van der Waals surface area contributed by atoms with Gasteiger partial charge in [0.25, 0.3) is 5.91 Å². The van der Waals surface area contributed by atoms with E-state index in [0.717, 1.165) is 56.7 Å². The molecule has 0 unspecified atom stereocenters. The van der Waals surface area contributed by atoms with Gasteiger partial charge in [0.15, 0.2) is 0 Å².